The third-order valence-electron chi connectivity index (χ3n) is 7.35. The van der Waals surface area contributed by atoms with Crippen molar-refractivity contribution in [1.29, 1.82) is 0 Å². The molecule has 39 heavy (non-hydrogen) atoms. The Balaban J connectivity index is 1.30. The Hall–Kier alpha value is -3.50. The number of hydrogen-bond acceptors (Lipinski definition) is 6. The van der Waals surface area contributed by atoms with Crippen molar-refractivity contribution in [3.05, 3.63) is 83.9 Å². The predicted molar refractivity (Wildman–Crippen MR) is 150 cm³/mol. The van der Waals surface area contributed by atoms with Gasteiger partial charge in [0.15, 0.2) is 9.84 Å². The standard InChI is InChI=1S/C29H37N5O4S/c1-3-34(28(35)19-22-9-11-25(12-10-22)39(2,37)38)24-13-16-33(17-14-24)18-15-26(23-7-5-4-6-8-23)32-29(36)27-20-30-21-31-27/h4-12,20-21,24,26H,3,13-19H2,1-2H3,(H,30,31)(H,32,36)/t26-/m0/s1. The Kier molecular flexibility index (Phi) is 9.53. The van der Waals surface area contributed by atoms with E-state index in [1.165, 1.54) is 18.8 Å². The van der Waals surface area contributed by atoms with Crippen LogP contribution in [0.25, 0.3) is 0 Å². The minimum absolute atomic E-state index is 0.0636. The van der Waals surface area contributed by atoms with Crippen molar-refractivity contribution in [3.8, 4) is 0 Å². The Morgan fingerprint density at radius 2 is 1.79 bits per heavy atom. The van der Waals surface area contributed by atoms with Gasteiger partial charge in [-0.3, -0.25) is 9.59 Å². The van der Waals surface area contributed by atoms with Crippen LogP contribution >= 0.6 is 0 Å². The summed E-state index contributed by atoms with van der Waals surface area (Å²) in [5.74, 6) is -0.114. The van der Waals surface area contributed by atoms with E-state index in [-0.39, 0.29) is 35.2 Å². The molecular formula is C29H37N5O4S. The van der Waals surface area contributed by atoms with Crippen LogP contribution in [0.3, 0.4) is 0 Å². The van der Waals surface area contributed by atoms with Gasteiger partial charge in [0.05, 0.1) is 29.9 Å². The number of nitrogens with zero attached hydrogens (tertiary/aromatic N) is 3. The van der Waals surface area contributed by atoms with Gasteiger partial charge in [-0.2, -0.15) is 0 Å². The summed E-state index contributed by atoms with van der Waals surface area (Å²) >= 11 is 0. The number of rotatable bonds is 11. The molecule has 0 radical (unpaired) electrons. The van der Waals surface area contributed by atoms with E-state index in [4.69, 9.17) is 0 Å². The van der Waals surface area contributed by atoms with Gasteiger partial charge in [0.2, 0.25) is 5.91 Å². The number of imidazole rings is 1. The molecular weight excluding hydrogens is 514 g/mol. The number of carbonyl (C=O) groups excluding carboxylic acids is 2. The number of amides is 2. The van der Waals surface area contributed by atoms with Gasteiger partial charge in [-0.25, -0.2) is 13.4 Å². The number of piperidine rings is 1. The fraction of sp³-hybridized carbons (Fsp3) is 0.414. The van der Waals surface area contributed by atoms with Gasteiger partial charge in [-0.1, -0.05) is 42.5 Å². The molecule has 1 saturated heterocycles. The number of H-pyrrole nitrogens is 1. The summed E-state index contributed by atoms with van der Waals surface area (Å²) in [5, 5.41) is 3.14. The minimum Gasteiger partial charge on any atom is -0.344 e. The molecule has 1 aliphatic heterocycles. The molecule has 0 saturated carbocycles. The molecule has 2 amide bonds. The van der Waals surface area contributed by atoms with Crippen LogP contribution in [0.1, 0.15) is 53.8 Å². The van der Waals surface area contributed by atoms with E-state index in [9.17, 15) is 18.0 Å². The summed E-state index contributed by atoms with van der Waals surface area (Å²) in [6, 6.07) is 16.6. The maximum atomic E-state index is 13.1. The van der Waals surface area contributed by atoms with Crippen molar-refractivity contribution < 1.29 is 18.0 Å². The van der Waals surface area contributed by atoms with Gasteiger partial charge in [-0.15, -0.1) is 0 Å². The zero-order chi connectivity index (χ0) is 27.8. The van der Waals surface area contributed by atoms with Crippen LogP contribution in [0.15, 0.2) is 72.0 Å². The predicted octanol–water partition coefficient (Wildman–Crippen LogP) is 3.23. The van der Waals surface area contributed by atoms with E-state index in [1.807, 2.05) is 42.2 Å². The fourth-order valence-corrected chi connectivity index (χ4v) is 5.79. The van der Waals surface area contributed by atoms with Gasteiger partial charge < -0.3 is 20.1 Å². The number of likely N-dealkylation sites (N-methyl/N-ethyl adjacent to an activating group) is 1. The highest BCUT2D eigenvalue weighted by Gasteiger charge is 2.27. The normalized spacial score (nSPS) is 15.5. The molecule has 1 aliphatic rings. The minimum atomic E-state index is -3.26. The molecule has 2 heterocycles. The van der Waals surface area contributed by atoms with Crippen LogP contribution in [0.5, 0.6) is 0 Å². The zero-order valence-electron chi connectivity index (χ0n) is 22.5. The first-order chi connectivity index (χ1) is 18.7. The largest absolute Gasteiger partial charge is 0.344 e. The summed E-state index contributed by atoms with van der Waals surface area (Å²) in [6.45, 7) is 5.24. The van der Waals surface area contributed by atoms with Gasteiger partial charge in [-0.05, 0) is 49.4 Å². The number of likely N-dealkylation sites (tertiary alicyclic amines) is 1. The second-order valence-electron chi connectivity index (χ2n) is 10.0. The second kappa shape index (κ2) is 13.0. The third-order valence-corrected chi connectivity index (χ3v) is 8.48. The van der Waals surface area contributed by atoms with E-state index in [2.05, 4.69) is 20.2 Å². The molecule has 9 nitrogen and oxygen atoms in total. The average Bonchev–Trinajstić information content (AvgIpc) is 3.48. The molecule has 208 valence electrons. The maximum Gasteiger partial charge on any atom is 0.269 e. The summed E-state index contributed by atoms with van der Waals surface area (Å²) < 4.78 is 23.4. The Labute approximate surface area is 230 Å². The van der Waals surface area contributed by atoms with Crippen LogP contribution in [0, 0.1) is 0 Å². The van der Waals surface area contributed by atoms with Crippen molar-refractivity contribution in [3.63, 3.8) is 0 Å². The van der Waals surface area contributed by atoms with E-state index in [0.29, 0.717) is 12.2 Å². The third kappa shape index (κ3) is 7.77. The van der Waals surface area contributed by atoms with E-state index >= 15 is 0 Å². The van der Waals surface area contributed by atoms with E-state index in [0.717, 1.165) is 50.0 Å². The van der Waals surface area contributed by atoms with E-state index in [1.54, 1.807) is 24.3 Å². The van der Waals surface area contributed by atoms with Gasteiger partial charge in [0, 0.05) is 38.5 Å². The molecule has 0 unspecified atom stereocenters. The first-order valence-electron chi connectivity index (χ1n) is 13.4. The molecule has 3 aromatic rings. The number of sulfone groups is 1. The highest BCUT2D eigenvalue weighted by molar-refractivity contribution is 7.90. The van der Waals surface area contributed by atoms with Crippen LogP contribution in [0.4, 0.5) is 0 Å². The smallest absolute Gasteiger partial charge is 0.269 e. The number of aromatic nitrogens is 2. The maximum absolute atomic E-state index is 13.1. The lowest BCUT2D eigenvalue weighted by Crippen LogP contribution is -2.48. The molecule has 1 aromatic heterocycles. The van der Waals surface area contributed by atoms with Crippen molar-refractivity contribution in [2.75, 3.05) is 32.4 Å². The Morgan fingerprint density at radius 1 is 1.10 bits per heavy atom. The van der Waals surface area contributed by atoms with Gasteiger partial charge >= 0.3 is 0 Å². The highest BCUT2D eigenvalue weighted by Crippen LogP contribution is 2.22. The first-order valence-corrected chi connectivity index (χ1v) is 15.3. The lowest BCUT2D eigenvalue weighted by Gasteiger charge is -2.38. The average molecular weight is 552 g/mol. The molecule has 1 atom stereocenters. The summed E-state index contributed by atoms with van der Waals surface area (Å²) in [6.07, 6.45) is 7.01. The SMILES string of the molecule is CCN(C(=O)Cc1ccc(S(C)(=O)=O)cc1)C1CCN(CC[C@H](NC(=O)c2cnc[nH]2)c2ccccc2)CC1. The molecule has 0 aliphatic carbocycles. The number of nitrogens with one attached hydrogen (secondary N) is 2. The molecule has 2 aromatic carbocycles. The Morgan fingerprint density at radius 3 is 2.38 bits per heavy atom. The number of aromatic amines is 1. The molecule has 0 bridgehead atoms. The molecule has 0 spiro atoms. The van der Waals surface area contributed by atoms with Crippen LogP contribution < -0.4 is 5.32 Å². The summed E-state index contributed by atoms with van der Waals surface area (Å²) in [5.41, 5.74) is 2.31. The number of carbonyl (C=O) groups is 2. The fourth-order valence-electron chi connectivity index (χ4n) is 5.16. The zero-order valence-corrected chi connectivity index (χ0v) is 23.4. The quantitative estimate of drug-likeness (QED) is 0.378. The summed E-state index contributed by atoms with van der Waals surface area (Å²) in [4.78, 5) is 37.2. The molecule has 1 fully saturated rings. The molecule has 10 heteroatoms. The van der Waals surface area contributed by atoms with Crippen molar-refractivity contribution in [2.45, 2.75) is 49.6 Å². The first kappa shape index (κ1) is 28.5. The van der Waals surface area contributed by atoms with Crippen molar-refractivity contribution in [1.82, 2.24) is 25.1 Å². The number of hydrogen-bond donors (Lipinski definition) is 2. The summed E-state index contributed by atoms with van der Waals surface area (Å²) in [7, 11) is -3.26. The monoisotopic (exact) mass is 551 g/mol. The van der Waals surface area contributed by atoms with Gasteiger partial charge in [0.1, 0.15) is 5.69 Å². The molecule has 4 rings (SSSR count). The van der Waals surface area contributed by atoms with Crippen LogP contribution in [-0.4, -0.2) is 78.5 Å². The van der Waals surface area contributed by atoms with Crippen LogP contribution in [-0.2, 0) is 21.1 Å². The Bertz CT molecular complexity index is 1320. The lowest BCUT2D eigenvalue weighted by atomic mass is 9.99. The topological polar surface area (TPSA) is 115 Å². The lowest BCUT2D eigenvalue weighted by molar-refractivity contribution is -0.133. The molecule has 2 N–H and O–H groups in total. The second-order valence-corrected chi connectivity index (χ2v) is 12.1. The van der Waals surface area contributed by atoms with Crippen molar-refractivity contribution >= 4 is 21.7 Å². The van der Waals surface area contributed by atoms with Gasteiger partial charge in [0.25, 0.3) is 5.91 Å². The van der Waals surface area contributed by atoms with E-state index < -0.39 is 9.84 Å². The van der Waals surface area contributed by atoms with Crippen molar-refractivity contribution in [2.24, 2.45) is 0 Å². The van der Waals surface area contributed by atoms with Crippen LogP contribution in [0.2, 0.25) is 0 Å². The highest BCUT2D eigenvalue weighted by atomic mass is 32.2. The number of benzene rings is 2.